The molecule has 0 saturated heterocycles. The van der Waals surface area contributed by atoms with Gasteiger partial charge >= 0.3 is 0 Å². The number of alkyl halides is 1. The molecule has 0 aliphatic heterocycles. The molecule has 0 spiro atoms. The monoisotopic (exact) mass is 243 g/mol. The van der Waals surface area contributed by atoms with E-state index >= 15 is 0 Å². The Hall–Kier alpha value is -0.0800. The van der Waals surface area contributed by atoms with Gasteiger partial charge in [0.05, 0.1) is 10.9 Å². The molecule has 1 aliphatic rings. The average Bonchev–Trinajstić information content (AvgIpc) is 2.78. The average molecular weight is 244 g/mol. The van der Waals surface area contributed by atoms with Crippen molar-refractivity contribution in [2.24, 2.45) is 5.92 Å². The van der Waals surface area contributed by atoms with Crippen LogP contribution < -0.4 is 0 Å². The number of thiazole rings is 1. The molecule has 1 aromatic heterocycles. The lowest BCUT2D eigenvalue weighted by molar-refractivity contribution is 0.314. The first-order chi connectivity index (χ1) is 7.33. The van der Waals surface area contributed by atoms with E-state index < -0.39 is 0 Å². The van der Waals surface area contributed by atoms with E-state index in [1.54, 1.807) is 0 Å². The summed E-state index contributed by atoms with van der Waals surface area (Å²) in [5.74, 6) is 2.25. The molecule has 1 heterocycles. The molecule has 1 aromatic rings. The van der Waals surface area contributed by atoms with Crippen LogP contribution in [0.3, 0.4) is 0 Å². The lowest BCUT2D eigenvalue weighted by Gasteiger charge is -2.26. The van der Waals surface area contributed by atoms with E-state index in [2.05, 4.69) is 11.9 Å². The quantitative estimate of drug-likeness (QED) is 0.709. The normalized spacial score (nSPS) is 26.8. The molecule has 15 heavy (non-hydrogen) atoms. The van der Waals surface area contributed by atoms with Gasteiger partial charge in [-0.05, 0) is 18.8 Å². The van der Waals surface area contributed by atoms with Crippen LogP contribution in [0.2, 0.25) is 0 Å². The van der Waals surface area contributed by atoms with Gasteiger partial charge in [0.2, 0.25) is 0 Å². The molecule has 3 heteroatoms. The molecular weight excluding hydrogens is 226 g/mol. The third kappa shape index (κ3) is 2.73. The highest BCUT2D eigenvalue weighted by molar-refractivity contribution is 7.11. The Morgan fingerprint density at radius 2 is 2.40 bits per heavy atom. The predicted octanol–water partition coefficient (Wildman–Crippen LogP) is 4.57. The van der Waals surface area contributed by atoms with E-state index in [0.717, 1.165) is 5.92 Å². The predicted molar refractivity (Wildman–Crippen MR) is 66.7 cm³/mol. The maximum Gasteiger partial charge on any atom is 0.0959 e. The van der Waals surface area contributed by atoms with Gasteiger partial charge in [0, 0.05) is 17.0 Å². The van der Waals surface area contributed by atoms with Crippen LogP contribution in [0.5, 0.6) is 0 Å². The van der Waals surface area contributed by atoms with Gasteiger partial charge in [0.15, 0.2) is 0 Å². The van der Waals surface area contributed by atoms with E-state index in [0.29, 0.717) is 11.8 Å². The van der Waals surface area contributed by atoms with Crippen LogP contribution in [-0.4, -0.2) is 4.98 Å². The Kier molecular flexibility index (Phi) is 4.04. The summed E-state index contributed by atoms with van der Waals surface area (Å²) in [4.78, 5) is 5.73. The van der Waals surface area contributed by atoms with Crippen molar-refractivity contribution in [3.05, 3.63) is 16.1 Å². The molecule has 0 N–H and O–H groups in total. The summed E-state index contributed by atoms with van der Waals surface area (Å²) in [6.45, 7) is 2.30. The largest absolute Gasteiger partial charge is 0.249 e. The van der Waals surface area contributed by atoms with Gasteiger partial charge in [-0.25, -0.2) is 4.98 Å². The lowest BCUT2D eigenvalue weighted by atomic mass is 9.80. The zero-order chi connectivity index (χ0) is 10.7. The first-order valence-electron chi connectivity index (χ1n) is 5.84. The molecule has 84 valence electrons. The van der Waals surface area contributed by atoms with Crippen molar-refractivity contribution in [1.29, 1.82) is 0 Å². The fourth-order valence-electron chi connectivity index (χ4n) is 2.46. The first-order valence-corrected chi connectivity index (χ1v) is 7.19. The molecule has 0 aromatic carbocycles. The number of hydrogen-bond donors (Lipinski definition) is 0. The first kappa shape index (κ1) is 11.4. The molecule has 0 radical (unpaired) electrons. The molecule has 1 aliphatic carbocycles. The number of hydrogen-bond acceptors (Lipinski definition) is 2. The molecule has 0 amide bonds. The summed E-state index contributed by atoms with van der Waals surface area (Å²) in [5.41, 5.74) is 0. The van der Waals surface area contributed by atoms with Crippen LogP contribution in [0, 0.1) is 5.92 Å². The lowest BCUT2D eigenvalue weighted by Crippen LogP contribution is -2.13. The van der Waals surface area contributed by atoms with Gasteiger partial charge in [-0.1, -0.05) is 26.2 Å². The summed E-state index contributed by atoms with van der Waals surface area (Å²) in [5, 5.41) is 1.32. The minimum absolute atomic E-state index is 0.613. The molecule has 2 rings (SSSR count). The molecule has 1 saturated carbocycles. The summed E-state index contributed by atoms with van der Waals surface area (Å²) in [6.07, 6.45) is 8.73. The van der Waals surface area contributed by atoms with E-state index in [1.165, 1.54) is 42.0 Å². The maximum absolute atomic E-state index is 5.81. The summed E-state index contributed by atoms with van der Waals surface area (Å²) < 4.78 is 0. The van der Waals surface area contributed by atoms with Gasteiger partial charge in [-0.15, -0.1) is 22.9 Å². The zero-order valence-corrected chi connectivity index (χ0v) is 10.8. The highest BCUT2D eigenvalue weighted by atomic mass is 35.5. The fraction of sp³-hybridized carbons (Fsp3) is 0.750. The second-order valence-electron chi connectivity index (χ2n) is 4.44. The standard InChI is InChI=1S/C12H18ClNS/c1-2-9-4-3-5-10(6-9)12-14-8-11(7-13)15-12/h8-10H,2-7H2,1H3. The number of halogens is 1. The van der Waals surface area contributed by atoms with Crippen molar-refractivity contribution in [2.45, 2.75) is 50.8 Å². The maximum atomic E-state index is 5.81. The van der Waals surface area contributed by atoms with Crippen molar-refractivity contribution in [3.63, 3.8) is 0 Å². The smallest absolute Gasteiger partial charge is 0.0959 e. The van der Waals surface area contributed by atoms with Gasteiger partial charge in [-0.2, -0.15) is 0 Å². The highest BCUT2D eigenvalue weighted by Gasteiger charge is 2.24. The zero-order valence-electron chi connectivity index (χ0n) is 9.21. The topological polar surface area (TPSA) is 12.9 Å². The van der Waals surface area contributed by atoms with Gasteiger partial charge in [0.1, 0.15) is 0 Å². The van der Waals surface area contributed by atoms with Gasteiger partial charge < -0.3 is 0 Å². The van der Waals surface area contributed by atoms with Crippen LogP contribution in [0.1, 0.15) is 54.8 Å². The minimum Gasteiger partial charge on any atom is -0.249 e. The van der Waals surface area contributed by atoms with E-state index in [-0.39, 0.29) is 0 Å². The Labute approximate surface area is 101 Å². The Morgan fingerprint density at radius 3 is 3.07 bits per heavy atom. The van der Waals surface area contributed by atoms with Gasteiger partial charge in [-0.3, -0.25) is 0 Å². The summed E-state index contributed by atoms with van der Waals surface area (Å²) in [6, 6.07) is 0. The van der Waals surface area contributed by atoms with Crippen LogP contribution >= 0.6 is 22.9 Å². The van der Waals surface area contributed by atoms with Crippen LogP contribution in [0.15, 0.2) is 6.20 Å². The molecule has 1 fully saturated rings. The van der Waals surface area contributed by atoms with Crippen molar-refractivity contribution in [3.8, 4) is 0 Å². The van der Waals surface area contributed by atoms with Crippen molar-refractivity contribution in [1.82, 2.24) is 4.98 Å². The third-order valence-corrected chi connectivity index (χ3v) is 5.02. The van der Waals surface area contributed by atoms with E-state index in [9.17, 15) is 0 Å². The van der Waals surface area contributed by atoms with Crippen LogP contribution in [-0.2, 0) is 5.88 Å². The second kappa shape index (κ2) is 5.31. The number of nitrogens with zero attached hydrogens (tertiary/aromatic N) is 1. The van der Waals surface area contributed by atoms with E-state index in [1.807, 2.05) is 17.5 Å². The van der Waals surface area contributed by atoms with Crippen LogP contribution in [0.4, 0.5) is 0 Å². The van der Waals surface area contributed by atoms with Crippen molar-refractivity contribution < 1.29 is 0 Å². The molecule has 0 bridgehead atoms. The SMILES string of the molecule is CCC1CCCC(c2ncc(CCl)s2)C1. The Bertz CT molecular complexity index is 310. The van der Waals surface area contributed by atoms with E-state index in [4.69, 9.17) is 11.6 Å². The highest BCUT2D eigenvalue weighted by Crippen LogP contribution is 2.38. The minimum atomic E-state index is 0.613. The molecule has 2 atom stereocenters. The Balaban J connectivity index is 2.03. The number of rotatable bonds is 3. The van der Waals surface area contributed by atoms with Crippen molar-refractivity contribution >= 4 is 22.9 Å². The number of aromatic nitrogens is 1. The van der Waals surface area contributed by atoms with Gasteiger partial charge in [0.25, 0.3) is 0 Å². The second-order valence-corrected chi connectivity index (χ2v) is 5.85. The Morgan fingerprint density at radius 1 is 1.53 bits per heavy atom. The molecule has 1 nitrogen and oxygen atoms in total. The third-order valence-electron chi connectivity index (χ3n) is 3.41. The summed E-state index contributed by atoms with van der Waals surface area (Å²) >= 11 is 7.61. The fourth-order valence-corrected chi connectivity index (χ4v) is 3.61. The summed E-state index contributed by atoms with van der Waals surface area (Å²) in [7, 11) is 0. The van der Waals surface area contributed by atoms with Crippen molar-refractivity contribution in [2.75, 3.05) is 0 Å². The molecular formula is C12H18ClNS. The van der Waals surface area contributed by atoms with Crippen LogP contribution in [0.25, 0.3) is 0 Å². The molecule has 2 unspecified atom stereocenters.